The Morgan fingerprint density at radius 2 is 1.59 bits per heavy atom. The molecule has 1 N–H and O–H groups in total. The molecule has 104 valence electrons. The van der Waals surface area contributed by atoms with Gasteiger partial charge in [-0.05, 0) is 37.8 Å². The van der Waals surface area contributed by atoms with Gasteiger partial charge in [0.1, 0.15) is 0 Å². The van der Waals surface area contributed by atoms with Crippen molar-refractivity contribution in [2.45, 2.75) is 60.9 Å². The smallest absolute Gasteiger partial charge is 0.0102 e. The van der Waals surface area contributed by atoms with Crippen LogP contribution in [0, 0.1) is 10.8 Å². The minimum atomic E-state index is 0.315. The van der Waals surface area contributed by atoms with Crippen molar-refractivity contribution >= 4 is 0 Å². The topological polar surface area (TPSA) is 15.3 Å². The monoisotopic (exact) mass is 242 g/mol. The van der Waals surface area contributed by atoms with Crippen LogP contribution in [0.5, 0.6) is 0 Å². The fraction of sp³-hybridized carbons (Fsp3) is 1.00. The highest BCUT2D eigenvalue weighted by atomic mass is 15.1. The van der Waals surface area contributed by atoms with E-state index in [0.29, 0.717) is 16.9 Å². The third kappa shape index (κ3) is 7.77. The predicted octanol–water partition coefficient (Wildman–Crippen LogP) is 3.38. The van der Waals surface area contributed by atoms with Crippen molar-refractivity contribution in [1.82, 2.24) is 10.2 Å². The second-order valence-electron chi connectivity index (χ2n) is 7.40. The summed E-state index contributed by atoms with van der Waals surface area (Å²) in [6, 6.07) is 0.560. The lowest BCUT2D eigenvalue weighted by molar-refractivity contribution is 0.133. The van der Waals surface area contributed by atoms with E-state index in [9.17, 15) is 0 Å². The van der Waals surface area contributed by atoms with Gasteiger partial charge in [-0.2, -0.15) is 0 Å². The third-order valence-corrected chi connectivity index (χ3v) is 3.29. The van der Waals surface area contributed by atoms with Crippen LogP contribution in [0.2, 0.25) is 0 Å². The molecule has 0 aromatic rings. The molecule has 0 bridgehead atoms. The number of hydrogen-bond donors (Lipinski definition) is 1. The first-order chi connectivity index (χ1) is 7.58. The van der Waals surface area contributed by atoms with Gasteiger partial charge < -0.3 is 10.2 Å². The van der Waals surface area contributed by atoms with Crippen LogP contribution >= 0.6 is 0 Å². The molecule has 0 aromatic carbocycles. The Bertz CT molecular complexity index is 203. The molecule has 0 radical (unpaired) electrons. The zero-order chi connectivity index (χ0) is 13.7. The second-order valence-corrected chi connectivity index (χ2v) is 7.40. The first-order valence-electron chi connectivity index (χ1n) is 7.00. The molecule has 17 heavy (non-hydrogen) atoms. The Kier molecular flexibility index (Phi) is 6.71. The molecule has 0 rings (SSSR count). The number of nitrogens with one attached hydrogen (secondary N) is 1. The predicted molar refractivity (Wildman–Crippen MR) is 78.5 cm³/mol. The van der Waals surface area contributed by atoms with Gasteiger partial charge >= 0.3 is 0 Å². The molecule has 0 aromatic heterocycles. The molecule has 0 saturated heterocycles. The summed E-state index contributed by atoms with van der Waals surface area (Å²) in [5.74, 6) is 0. The van der Waals surface area contributed by atoms with Crippen LogP contribution < -0.4 is 5.32 Å². The van der Waals surface area contributed by atoms with Gasteiger partial charge in [-0.3, -0.25) is 0 Å². The molecule has 0 heterocycles. The van der Waals surface area contributed by atoms with Gasteiger partial charge in [0.2, 0.25) is 0 Å². The zero-order valence-electron chi connectivity index (χ0n) is 13.4. The minimum Gasteiger partial charge on any atom is -0.314 e. The zero-order valence-corrected chi connectivity index (χ0v) is 13.4. The SMILES string of the molecule is CCCNC(C)C(C)(C)CN(C)CC(C)(C)C. The average molecular weight is 242 g/mol. The van der Waals surface area contributed by atoms with E-state index in [1.165, 1.54) is 6.42 Å². The number of rotatable bonds is 7. The van der Waals surface area contributed by atoms with E-state index in [1.807, 2.05) is 0 Å². The molecule has 0 aliphatic rings. The van der Waals surface area contributed by atoms with Crippen LogP contribution in [0.1, 0.15) is 54.9 Å². The molecule has 1 atom stereocenters. The molecular weight excluding hydrogens is 208 g/mol. The average Bonchev–Trinajstić information content (AvgIpc) is 2.09. The fourth-order valence-corrected chi connectivity index (χ4v) is 2.34. The summed E-state index contributed by atoms with van der Waals surface area (Å²) in [5, 5.41) is 3.61. The lowest BCUT2D eigenvalue weighted by atomic mass is 9.84. The van der Waals surface area contributed by atoms with E-state index < -0.39 is 0 Å². The van der Waals surface area contributed by atoms with Gasteiger partial charge in [-0.25, -0.2) is 0 Å². The summed E-state index contributed by atoms with van der Waals surface area (Å²) in [7, 11) is 2.24. The minimum absolute atomic E-state index is 0.315. The standard InChI is InChI=1S/C15H34N2/c1-9-10-16-13(2)15(6,7)12-17(8)11-14(3,4)5/h13,16H,9-12H2,1-8H3. The van der Waals surface area contributed by atoms with Gasteiger partial charge in [0.25, 0.3) is 0 Å². The van der Waals surface area contributed by atoms with Gasteiger partial charge in [0.15, 0.2) is 0 Å². The molecule has 0 amide bonds. The Labute approximate surface area is 109 Å². The highest BCUT2D eigenvalue weighted by molar-refractivity contribution is 4.84. The molecule has 2 heteroatoms. The first kappa shape index (κ1) is 16.9. The van der Waals surface area contributed by atoms with E-state index in [1.54, 1.807) is 0 Å². The van der Waals surface area contributed by atoms with Crippen molar-refractivity contribution < 1.29 is 0 Å². The fourth-order valence-electron chi connectivity index (χ4n) is 2.34. The van der Waals surface area contributed by atoms with Crippen LogP contribution in [0.3, 0.4) is 0 Å². The highest BCUT2D eigenvalue weighted by Crippen LogP contribution is 2.23. The van der Waals surface area contributed by atoms with Crippen molar-refractivity contribution in [3.63, 3.8) is 0 Å². The van der Waals surface area contributed by atoms with E-state index >= 15 is 0 Å². The highest BCUT2D eigenvalue weighted by Gasteiger charge is 2.28. The van der Waals surface area contributed by atoms with E-state index in [0.717, 1.165) is 19.6 Å². The molecule has 0 aliphatic carbocycles. The third-order valence-electron chi connectivity index (χ3n) is 3.29. The summed E-state index contributed by atoms with van der Waals surface area (Å²) in [6.07, 6.45) is 1.21. The van der Waals surface area contributed by atoms with E-state index in [-0.39, 0.29) is 0 Å². The summed E-state index contributed by atoms with van der Waals surface area (Å²) in [6.45, 7) is 19.6. The van der Waals surface area contributed by atoms with Crippen molar-refractivity contribution in [2.24, 2.45) is 10.8 Å². The first-order valence-corrected chi connectivity index (χ1v) is 7.00. The molecule has 1 unspecified atom stereocenters. The molecule has 2 nitrogen and oxygen atoms in total. The van der Waals surface area contributed by atoms with Crippen molar-refractivity contribution in [2.75, 3.05) is 26.7 Å². The van der Waals surface area contributed by atoms with Crippen LogP contribution in [0.4, 0.5) is 0 Å². The van der Waals surface area contributed by atoms with Gasteiger partial charge in [0, 0.05) is 19.1 Å². The molecule has 0 fully saturated rings. The maximum Gasteiger partial charge on any atom is 0.0102 e. The maximum atomic E-state index is 3.61. The van der Waals surface area contributed by atoms with Gasteiger partial charge in [-0.1, -0.05) is 41.5 Å². The van der Waals surface area contributed by atoms with Crippen LogP contribution in [-0.2, 0) is 0 Å². The molecule has 0 aliphatic heterocycles. The quantitative estimate of drug-likeness (QED) is 0.736. The van der Waals surface area contributed by atoms with Gasteiger partial charge in [-0.15, -0.1) is 0 Å². The number of nitrogens with zero attached hydrogens (tertiary/aromatic N) is 1. The number of hydrogen-bond acceptors (Lipinski definition) is 2. The molecular formula is C15H34N2. The van der Waals surface area contributed by atoms with Crippen molar-refractivity contribution in [3.05, 3.63) is 0 Å². The summed E-state index contributed by atoms with van der Waals surface area (Å²) in [5.41, 5.74) is 0.695. The summed E-state index contributed by atoms with van der Waals surface area (Å²) in [4.78, 5) is 2.46. The largest absolute Gasteiger partial charge is 0.314 e. The van der Waals surface area contributed by atoms with Crippen LogP contribution in [0.25, 0.3) is 0 Å². The second kappa shape index (κ2) is 6.75. The Balaban J connectivity index is 4.23. The summed E-state index contributed by atoms with van der Waals surface area (Å²) >= 11 is 0. The normalized spacial score (nSPS) is 15.4. The van der Waals surface area contributed by atoms with Crippen molar-refractivity contribution in [1.29, 1.82) is 0 Å². The maximum absolute atomic E-state index is 3.61. The molecule has 0 saturated carbocycles. The van der Waals surface area contributed by atoms with Crippen LogP contribution in [-0.4, -0.2) is 37.6 Å². The van der Waals surface area contributed by atoms with Crippen LogP contribution in [0.15, 0.2) is 0 Å². The Morgan fingerprint density at radius 1 is 1.06 bits per heavy atom. The lowest BCUT2D eigenvalue weighted by Gasteiger charge is -2.38. The lowest BCUT2D eigenvalue weighted by Crippen LogP contribution is -2.47. The van der Waals surface area contributed by atoms with E-state index in [2.05, 4.69) is 65.7 Å². The van der Waals surface area contributed by atoms with Gasteiger partial charge in [0.05, 0.1) is 0 Å². The van der Waals surface area contributed by atoms with Crippen molar-refractivity contribution in [3.8, 4) is 0 Å². The summed E-state index contributed by atoms with van der Waals surface area (Å²) < 4.78 is 0. The molecule has 0 spiro atoms. The Hall–Kier alpha value is -0.0800. The van der Waals surface area contributed by atoms with E-state index in [4.69, 9.17) is 0 Å². The Morgan fingerprint density at radius 3 is 2.00 bits per heavy atom.